The zero-order valence-corrected chi connectivity index (χ0v) is 6.98. The molecule has 0 unspecified atom stereocenters. The van der Waals surface area contributed by atoms with Crippen molar-refractivity contribution in [3.8, 4) is 0 Å². The van der Waals surface area contributed by atoms with E-state index in [-0.39, 0.29) is 0 Å². The van der Waals surface area contributed by atoms with Crippen LogP contribution in [0.2, 0.25) is 0 Å². The van der Waals surface area contributed by atoms with Gasteiger partial charge in [0, 0.05) is 12.9 Å². The van der Waals surface area contributed by atoms with E-state index in [0.717, 1.165) is 5.03 Å². The molecule has 0 bridgehead atoms. The van der Waals surface area contributed by atoms with Gasteiger partial charge in [0.25, 0.3) is 0 Å². The smallest absolute Gasteiger partial charge is 0.100 e. The van der Waals surface area contributed by atoms with Gasteiger partial charge in [0.2, 0.25) is 0 Å². The molecule has 0 aromatic carbocycles. The average Bonchev–Trinajstić information content (AvgIpc) is 2.33. The Morgan fingerprint density at radius 3 is 2.80 bits per heavy atom. The monoisotopic (exact) mass is 154 g/mol. The molecule has 0 fully saturated rings. The Kier molecular flexibility index (Phi) is 2.17. The summed E-state index contributed by atoms with van der Waals surface area (Å²) >= 11 is 1.67. The van der Waals surface area contributed by atoms with Gasteiger partial charge in [-0.2, -0.15) is 5.10 Å². The normalized spacial score (nSPS) is 16.2. The highest BCUT2D eigenvalue weighted by atomic mass is 32.2. The Balaban J connectivity index is 2.84. The molecule has 1 rings (SSSR count). The maximum atomic E-state index is 3.81. The van der Waals surface area contributed by atoms with Gasteiger partial charge in [-0.1, -0.05) is 11.8 Å². The van der Waals surface area contributed by atoms with Crippen LogP contribution in [0.4, 0.5) is 0 Å². The summed E-state index contributed by atoms with van der Waals surface area (Å²) in [4.78, 5) is 0. The zero-order valence-electron chi connectivity index (χ0n) is 6.16. The van der Waals surface area contributed by atoms with E-state index in [0.29, 0.717) is 0 Å². The number of rotatable bonds is 1. The summed E-state index contributed by atoms with van der Waals surface area (Å²) in [5, 5.41) is 8.74. The number of hydrazone groups is 1. The van der Waals surface area contributed by atoms with Crippen molar-refractivity contribution in [3.05, 3.63) is 22.2 Å². The summed E-state index contributed by atoms with van der Waals surface area (Å²) in [6.45, 7) is 7.58. The summed E-state index contributed by atoms with van der Waals surface area (Å²) in [5.41, 5.74) is 1.27. The molecule has 0 saturated carbocycles. The largest absolute Gasteiger partial charge is 0.234 e. The van der Waals surface area contributed by atoms with Gasteiger partial charge in [0.1, 0.15) is 5.03 Å². The second kappa shape index (κ2) is 2.92. The molecule has 0 saturated heterocycles. The van der Waals surface area contributed by atoms with Crippen molar-refractivity contribution in [2.75, 3.05) is 0 Å². The fraction of sp³-hybridized carbons (Fsp3) is 0.286. The van der Waals surface area contributed by atoms with E-state index in [9.17, 15) is 0 Å². The SMILES string of the molecule is C=NN1C=CSC1=C(C)C. The molecule has 1 heterocycles. The van der Waals surface area contributed by atoms with Gasteiger partial charge in [-0.15, -0.1) is 0 Å². The van der Waals surface area contributed by atoms with E-state index in [4.69, 9.17) is 0 Å². The standard InChI is InChI=1S/C7H10N2S/c1-6(2)7-9(8-3)4-5-10-7/h4-5H,3H2,1-2H3. The fourth-order valence-electron chi connectivity index (χ4n) is 0.733. The number of nitrogens with zero attached hydrogens (tertiary/aromatic N) is 2. The lowest BCUT2D eigenvalue weighted by Gasteiger charge is -2.10. The highest BCUT2D eigenvalue weighted by molar-refractivity contribution is 8.06. The summed E-state index contributed by atoms with van der Waals surface area (Å²) in [6, 6.07) is 0. The maximum Gasteiger partial charge on any atom is 0.100 e. The summed E-state index contributed by atoms with van der Waals surface area (Å²) in [6.07, 6.45) is 1.90. The molecule has 1 aliphatic heterocycles. The molecular formula is C7H10N2S. The maximum absolute atomic E-state index is 3.81. The average molecular weight is 154 g/mol. The van der Waals surface area contributed by atoms with Crippen LogP contribution < -0.4 is 0 Å². The van der Waals surface area contributed by atoms with Crippen LogP contribution in [0.25, 0.3) is 0 Å². The molecule has 54 valence electrons. The zero-order chi connectivity index (χ0) is 7.56. The van der Waals surface area contributed by atoms with Gasteiger partial charge in [-0.3, -0.25) is 0 Å². The van der Waals surface area contributed by atoms with Gasteiger partial charge in [0.05, 0.1) is 0 Å². The van der Waals surface area contributed by atoms with Gasteiger partial charge in [0.15, 0.2) is 0 Å². The van der Waals surface area contributed by atoms with Gasteiger partial charge < -0.3 is 0 Å². The highest BCUT2D eigenvalue weighted by Gasteiger charge is 2.10. The molecule has 0 spiro atoms. The molecule has 0 amide bonds. The topological polar surface area (TPSA) is 15.6 Å². The lowest BCUT2D eigenvalue weighted by molar-refractivity contribution is 0.540. The molecule has 10 heavy (non-hydrogen) atoms. The minimum absolute atomic E-state index is 1.16. The molecule has 0 aromatic heterocycles. The van der Waals surface area contributed by atoms with Crippen molar-refractivity contribution in [3.63, 3.8) is 0 Å². The molecule has 2 nitrogen and oxygen atoms in total. The Hall–Kier alpha value is -0.700. The Morgan fingerprint density at radius 1 is 1.70 bits per heavy atom. The number of allylic oxidation sites excluding steroid dienone is 1. The van der Waals surface area contributed by atoms with Crippen LogP contribution in [0.1, 0.15) is 13.8 Å². The molecular weight excluding hydrogens is 144 g/mol. The number of hydrogen-bond donors (Lipinski definition) is 0. The first kappa shape index (κ1) is 7.41. The first-order valence-electron chi connectivity index (χ1n) is 3.02. The second-order valence-electron chi connectivity index (χ2n) is 2.19. The molecule has 0 aliphatic carbocycles. The van der Waals surface area contributed by atoms with Gasteiger partial charge in [-0.25, -0.2) is 5.01 Å². The lowest BCUT2D eigenvalue weighted by atomic mass is 10.4. The van der Waals surface area contributed by atoms with E-state index in [1.165, 1.54) is 5.57 Å². The summed E-state index contributed by atoms with van der Waals surface area (Å²) in [5.74, 6) is 0. The summed E-state index contributed by atoms with van der Waals surface area (Å²) < 4.78 is 0. The minimum Gasteiger partial charge on any atom is -0.234 e. The van der Waals surface area contributed by atoms with E-state index < -0.39 is 0 Å². The predicted molar refractivity (Wildman–Crippen MR) is 46.5 cm³/mol. The van der Waals surface area contributed by atoms with Crippen LogP contribution >= 0.6 is 11.8 Å². The van der Waals surface area contributed by atoms with Crippen LogP contribution in [0.5, 0.6) is 0 Å². The van der Waals surface area contributed by atoms with Crippen molar-refractivity contribution in [2.45, 2.75) is 13.8 Å². The number of hydrogen-bond acceptors (Lipinski definition) is 3. The molecule has 1 aliphatic rings. The molecule has 0 N–H and O–H groups in total. The molecule has 0 radical (unpaired) electrons. The van der Waals surface area contributed by atoms with E-state index in [1.807, 2.05) is 11.6 Å². The third-order valence-corrected chi connectivity index (χ3v) is 2.25. The van der Waals surface area contributed by atoms with Gasteiger partial charge in [-0.05, 0) is 24.8 Å². The van der Waals surface area contributed by atoms with Crippen LogP contribution in [-0.4, -0.2) is 11.7 Å². The Labute approximate surface area is 65.3 Å². The quantitative estimate of drug-likeness (QED) is 0.539. The van der Waals surface area contributed by atoms with Crippen LogP contribution in [0.15, 0.2) is 27.3 Å². The molecule has 0 atom stereocenters. The minimum atomic E-state index is 1.16. The number of thioether (sulfide) groups is 1. The van der Waals surface area contributed by atoms with E-state index in [1.54, 1.807) is 16.8 Å². The van der Waals surface area contributed by atoms with E-state index >= 15 is 0 Å². The van der Waals surface area contributed by atoms with E-state index in [2.05, 4.69) is 25.7 Å². The van der Waals surface area contributed by atoms with Crippen LogP contribution in [0.3, 0.4) is 0 Å². The Bertz CT molecular complexity index is 202. The van der Waals surface area contributed by atoms with Crippen molar-refractivity contribution < 1.29 is 0 Å². The summed E-state index contributed by atoms with van der Waals surface area (Å²) in [7, 11) is 0. The van der Waals surface area contributed by atoms with Crippen molar-refractivity contribution in [1.82, 2.24) is 5.01 Å². The Morgan fingerprint density at radius 2 is 2.40 bits per heavy atom. The first-order valence-corrected chi connectivity index (χ1v) is 3.90. The van der Waals surface area contributed by atoms with Crippen LogP contribution in [-0.2, 0) is 0 Å². The van der Waals surface area contributed by atoms with Gasteiger partial charge >= 0.3 is 0 Å². The van der Waals surface area contributed by atoms with Crippen LogP contribution in [0, 0.1) is 0 Å². The van der Waals surface area contributed by atoms with Crippen molar-refractivity contribution >= 4 is 18.5 Å². The second-order valence-corrected chi connectivity index (χ2v) is 3.09. The molecule has 0 aromatic rings. The third-order valence-electron chi connectivity index (χ3n) is 1.17. The first-order chi connectivity index (χ1) is 4.75. The third kappa shape index (κ3) is 1.24. The molecule has 3 heteroatoms. The fourth-order valence-corrected chi connectivity index (χ4v) is 1.50. The van der Waals surface area contributed by atoms with Crippen molar-refractivity contribution in [2.24, 2.45) is 5.10 Å². The highest BCUT2D eigenvalue weighted by Crippen LogP contribution is 2.31. The van der Waals surface area contributed by atoms with Crippen molar-refractivity contribution in [1.29, 1.82) is 0 Å². The predicted octanol–water partition coefficient (Wildman–Crippen LogP) is 2.37. The lowest BCUT2D eigenvalue weighted by Crippen LogP contribution is -2.02.